The zero-order valence-corrected chi connectivity index (χ0v) is 21.6. The van der Waals surface area contributed by atoms with Gasteiger partial charge in [-0.3, -0.25) is 4.79 Å². The Balaban J connectivity index is 1.47. The molecule has 3 N–H and O–H groups in total. The summed E-state index contributed by atoms with van der Waals surface area (Å²) in [5, 5.41) is 2.22. The van der Waals surface area contributed by atoms with Crippen LogP contribution in [0.25, 0.3) is 21.7 Å². The summed E-state index contributed by atoms with van der Waals surface area (Å²) in [5.74, 6) is 1.64. The quantitative estimate of drug-likeness (QED) is 0.379. The average Bonchev–Trinajstić information content (AvgIpc) is 3.31. The molecule has 1 aliphatic heterocycles. The van der Waals surface area contributed by atoms with Gasteiger partial charge in [0.1, 0.15) is 29.0 Å². The highest BCUT2D eigenvalue weighted by atomic mass is 32.2. The van der Waals surface area contributed by atoms with E-state index in [1.807, 2.05) is 12.1 Å². The van der Waals surface area contributed by atoms with Gasteiger partial charge in [-0.25, -0.2) is 13.4 Å². The molecule has 9 nitrogen and oxygen atoms in total. The van der Waals surface area contributed by atoms with Gasteiger partial charge in [-0.2, -0.15) is 4.72 Å². The van der Waals surface area contributed by atoms with E-state index in [1.165, 1.54) is 6.07 Å². The van der Waals surface area contributed by atoms with Crippen molar-refractivity contribution in [3.8, 4) is 5.75 Å². The lowest BCUT2D eigenvalue weighted by molar-refractivity contribution is -0.134. The average molecular weight is 523 g/mol. The molecule has 0 aliphatic carbocycles. The molecular weight excluding hydrogens is 492 g/mol. The number of ether oxygens (including phenoxy) is 1. The maximum absolute atomic E-state index is 13.6. The maximum atomic E-state index is 13.6. The molecule has 4 aromatic rings. The fraction of sp³-hybridized carbons (Fsp3) is 0.333. The van der Waals surface area contributed by atoms with Crippen LogP contribution < -0.4 is 15.2 Å². The highest BCUT2D eigenvalue weighted by molar-refractivity contribution is 7.89. The van der Waals surface area contributed by atoms with Gasteiger partial charge in [0.05, 0.1) is 17.4 Å². The first-order valence-electron chi connectivity index (χ1n) is 12.3. The van der Waals surface area contributed by atoms with Gasteiger partial charge in [0.25, 0.3) is 0 Å². The van der Waals surface area contributed by atoms with Crippen molar-refractivity contribution in [1.29, 1.82) is 0 Å². The van der Waals surface area contributed by atoms with Gasteiger partial charge in [-0.1, -0.05) is 19.1 Å². The van der Waals surface area contributed by atoms with Gasteiger partial charge >= 0.3 is 0 Å². The van der Waals surface area contributed by atoms with E-state index in [0.29, 0.717) is 47.3 Å². The van der Waals surface area contributed by atoms with Crippen LogP contribution in [0.4, 0.5) is 5.82 Å². The fourth-order valence-corrected chi connectivity index (χ4v) is 5.94. The monoisotopic (exact) mass is 522 g/mol. The van der Waals surface area contributed by atoms with Crippen LogP contribution >= 0.6 is 0 Å². The number of pyridine rings is 1. The molecule has 5 rings (SSSR count). The number of nitrogens with zero attached hydrogens (tertiary/aromatic N) is 2. The molecule has 1 amide bonds. The summed E-state index contributed by atoms with van der Waals surface area (Å²) >= 11 is 0. The zero-order valence-electron chi connectivity index (χ0n) is 20.8. The van der Waals surface area contributed by atoms with Crippen molar-refractivity contribution in [2.24, 2.45) is 5.92 Å². The Labute approximate surface area is 215 Å². The van der Waals surface area contributed by atoms with Crippen molar-refractivity contribution in [3.63, 3.8) is 0 Å². The van der Waals surface area contributed by atoms with Gasteiger partial charge < -0.3 is 19.8 Å². The van der Waals surface area contributed by atoms with E-state index in [1.54, 1.807) is 48.5 Å². The number of carbonyl (C=O) groups excluding carboxylic acids is 1. The van der Waals surface area contributed by atoms with E-state index in [-0.39, 0.29) is 17.2 Å². The first kappa shape index (κ1) is 25.0. The Hall–Kier alpha value is -3.63. The van der Waals surface area contributed by atoms with Crippen LogP contribution in [-0.4, -0.2) is 50.5 Å². The molecule has 1 aliphatic rings. The summed E-state index contributed by atoms with van der Waals surface area (Å²) in [7, 11) is -2.48. The number of rotatable bonds is 7. The number of anilines is 1. The number of likely N-dealkylation sites (tertiary alicyclic amines) is 1. The van der Waals surface area contributed by atoms with Crippen molar-refractivity contribution >= 4 is 43.5 Å². The van der Waals surface area contributed by atoms with Crippen molar-refractivity contribution in [2.75, 3.05) is 25.9 Å². The Bertz CT molecular complexity index is 1560. The summed E-state index contributed by atoms with van der Waals surface area (Å²) in [6.07, 6.45) is 3.34. The van der Waals surface area contributed by atoms with Crippen LogP contribution in [0.5, 0.6) is 5.75 Å². The van der Waals surface area contributed by atoms with Gasteiger partial charge in [0, 0.05) is 25.7 Å². The van der Waals surface area contributed by atoms with Crippen LogP contribution in [-0.2, 0) is 21.2 Å². The second-order valence-electron chi connectivity index (χ2n) is 9.58. The Morgan fingerprint density at radius 3 is 2.65 bits per heavy atom. The zero-order chi connectivity index (χ0) is 26.2. The van der Waals surface area contributed by atoms with E-state index in [9.17, 15) is 13.2 Å². The number of hydrogen-bond donors (Lipinski definition) is 2. The number of benzene rings is 2. The molecule has 10 heteroatoms. The van der Waals surface area contributed by atoms with Crippen LogP contribution in [0.15, 0.2) is 64.0 Å². The standard InChI is InChI=1S/C27H30N4O5S/c1-17-8-11-31(12-9-17)27(32)24(16-21-15-23-25(36-21)7-10-29-26(23)28)30-37(33,34)22-6-4-18-3-5-20(35-2)13-19(18)14-22/h3-7,10,13-15,17,24,30H,8-9,11-12,16H2,1-2H3,(H2,28,29). The van der Waals surface area contributed by atoms with Crippen molar-refractivity contribution in [1.82, 2.24) is 14.6 Å². The highest BCUT2D eigenvalue weighted by Gasteiger charge is 2.32. The normalized spacial score (nSPS) is 15.8. The second kappa shape index (κ2) is 10.0. The minimum absolute atomic E-state index is 0.0413. The first-order chi connectivity index (χ1) is 17.7. The number of sulfonamides is 1. The van der Waals surface area contributed by atoms with Gasteiger partial charge in [0.15, 0.2) is 0 Å². The van der Waals surface area contributed by atoms with Crippen molar-refractivity contribution in [3.05, 3.63) is 60.5 Å². The number of amides is 1. The van der Waals surface area contributed by atoms with Gasteiger partial charge in [0.2, 0.25) is 15.9 Å². The molecule has 3 heterocycles. The predicted octanol–water partition coefficient (Wildman–Crippen LogP) is 3.72. The molecule has 1 unspecified atom stereocenters. The fourth-order valence-electron chi connectivity index (χ4n) is 4.72. The molecule has 194 valence electrons. The second-order valence-corrected chi connectivity index (χ2v) is 11.3. The van der Waals surface area contributed by atoms with E-state index in [0.717, 1.165) is 23.6 Å². The predicted molar refractivity (Wildman–Crippen MR) is 142 cm³/mol. The topological polar surface area (TPSA) is 128 Å². The number of nitrogens with two attached hydrogens (primary N) is 1. The molecular formula is C27H30N4O5S. The smallest absolute Gasteiger partial charge is 0.241 e. The molecule has 0 radical (unpaired) electrons. The van der Waals surface area contributed by atoms with Gasteiger partial charge in [-0.05, 0) is 65.9 Å². The third-order valence-corrected chi connectivity index (χ3v) is 8.42. The third kappa shape index (κ3) is 5.26. The minimum Gasteiger partial charge on any atom is -0.497 e. The van der Waals surface area contributed by atoms with E-state index >= 15 is 0 Å². The Morgan fingerprint density at radius 1 is 1.16 bits per heavy atom. The van der Waals surface area contributed by atoms with Crippen molar-refractivity contribution < 1.29 is 22.4 Å². The molecule has 2 aromatic carbocycles. The van der Waals surface area contributed by atoms with Crippen LogP contribution in [0.2, 0.25) is 0 Å². The molecule has 1 atom stereocenters. The Kier molecular flexibility index (Phi) is 6.78. The lowest BCUT2D eigenvalue weighted by Crippen LogP contribution is -2.51. The SMILES string of the molecule is COc1ccc2ccc(S(=O)(=O)NC(Cc3cc4c(N)nccc4o3)C(=O)N3CCC(C)CC3)cc2c1. The molecule has 0 saturated carbocycles. The number of carbonyl (C=O) groups is 1. The molecule has 0 spiro atoms. The number of furan rings is 1. The number of piperidine rings is 1. The molecule has 1 saturated heterocycles. The number of fused-ring (bicyclic) bond motifs is 2. The summed E-state index contributed by atoms with van der Waals surface area (Å²) in [4.78, 5) is 19.5. The largest absolute Gasteiger partial charge is 0.497 e. The number of hydrogen-bond acceptors (Lipinski definition) is 7. The highest BCUT2D eigenvalue weighted by Crippen LogP contribution is 2.27. The molecule has 1 fully saturated rings. The van der Waals surface area contributed by atoms with Crippen molar-refractivity contribution in [2.45, 2.75) is 37.1 Å². The first-order valence-corrected chi connectivity index (χ1v) is 13.7. The van der Waals surface area contributed by atoms with E-state index in [2.05, 4.69) is 16.6 Å². The van der Waals surface area contributed by atoms with E-state index < -0.39 is 16.1 Å². The number of methoxy groups -OCH3 is 1. The molecule has 0 bridgehead atoms. The summed E-state index contributed by atoms with van der Waals surface area (Å²) in [6, 6.07) is 12.7. The number of nitrogen functional groups attached to an aromatic ring is 1. The van der Waals surface area contributed by atoms with Crippen LogP contribution in [0.1, 0.15) is 25.5 Å². The summed E-state index contributed by atoms with van der Waals surface area (Å²) in [5.41, 5.74) is 6.50. The minimum atomic E-state index is -4.04. The number of nitrogens with one attached hydrogen (secondary N) is 1. The molecule has 37 heavy (non-hydrogen) atoms. The van der Waals surface area contributed by atoms with Gasteiger partial charge in [-0.15, -0.1) is 0 Å². The third-order valence-electron chi connectivity index (χ3n) is 6.95. The lowest BCUT2D eigenvalue weighted by Gasteiger charge is -2.33. The molecule has 2 aromatic heterocycles. The lowest BCUT2D eigenvalue weighted by atomic mass is 9.98. The number of aromatic nitrogens is 1. The van der Waals surface area contributed by atoms with Crippen LogP contribution in [0, 0.1) is 5.92 Å². The summed E-state index contributed by atoms with van der Waals surface area (Å²) < 4.78 is 40.9. The maximum Gasteiger partial charge on any atom is 0.241 e. The van der Waals surface area contributed by atoms with Crippen LogP contribution in [0.3, 0.4) is 0 Å². The van der Waals surface area contributed by atoms with E-state index in [4.69, 9.17) is 14.9 Å². The Morgan fingerprint density at radius 2 is 1.92 bits per heavy atom. The summed E-state index contributed by atoms with van der Waals surface area (Å²) in [6.45, 7) is 3.33.